The molecule has 1 N–H and O–H groups in total. The van der Waals surface area contributed by atoms with Gasteiger partial charge in [-0.05, 0) is 58.0 Å². The van der Waals surface area contributed by atoms with Gasteiger partial charge in [-0.2, -0.15) is 13.2 Å². The highest BCUT2D eigenvalue weighted by Gasteiger charge is 2.37. The van der Waals surface area contributed by atoms with Crippen LogP contribution in [0.15, 0.2) is 30.5 Å². The van der Waals surface area contributed by atoms with E-state index in [2.05, 4.69) is 14.8 Å². The van der Waals surface area contributed by atoms with E-state index in [9.17, 15) is 18.3 Å². The highest BCUT2D eigenvalue weighted by atomic mass is 19.4. The molecule has 0 aliphatic carbocycles. The number of rotatable bonds is 4. The van der Waals surface area contributed by atoms with Crippen molar-refractivity contribution >= 4 is 16.6 Å². The fraction of sp³-hybridized carbons (Fsp3) is 0.609. The summed E-state index contributed by atoms with van der Waals surface area (Å²) in [7, 11) is 0. The molecule has 1 aromatic carbocycles. The van der Waals surface area contributed by atoms with Crippen molar-refractivity contribution in [3.8, 4) is 0 Å². The molecule has 3 heterocycles. The molecule has 2 aliphatic heterocycles. The molecule has 4 rings (SSSR count). The summed E-state index contributed by atoms with van der Waals surface area (Å²) in [6.07, 6.45) is -2.19. The first-order valence-electron chi connectivity index (χ1n) is 10.8. The normalized spacial score (nSPS) is 26.0. The molecule has 0 saturated carbocycles. The van der Waals surface area contributed by atoms with Gasteiger partial charge in [-0.1, -0.05) is 0 Å². The van der Waals surface area contributed by atoms with E-state index in [4.69, 9.17) is 4.74 Å². The monoisotopic (exact) mass is 437 g/mol. The van der Waals surface area contributed by atoms with E-state index in [1.54, 1.807) is 18.2 Å². The van der Waals surface area contributed by atoms with Crippen molar-refractivity contribution in [2.24, 2.45) is 5.92 Å². The SMILES string of the molecule is C[C@@H]1CN(c2ccc(C(F)(F)F)c3ncccc23)C[C@H](CN2CCC(C(C)(C)O)C2)O1. The van der Waals surface area contributed by atoms with E-state index >= 15 is 0 Å². The molecular weight excluding hydrogens is 407 g/mol. The molecule has 8 heteroatoms. The molecular formula is C23H30F3N3O2. The number of ether oxygens (including phenoxy) is 1. The summed E-state index contributed by atoms with van der Waals surface area (Å²) >= 11 is 0. The lowest BCUT2D eigenvalue weighted by molar-refractivity contribution is -0.136. The Morgan fingerprint density at radius 1 is 1.16 bits per heavy atom. The average molecular weight is 438 g/mol. The molecule has 2 aromatic rings. The van der Waals surface area contributed by atoms with Crippen LogP contribution in [0.2, 0.25) is 0 Å². The Morgan fingerprint density at radius 3 is 2.61 bits per heavy atom. The van der Waals surface area contributed by atoms with Crippen LogP contribution in [0.4, 0.5) is 18.9 Å². The van der Waals surface area contributed by atoms with Crippen LogP contribution < -0.4 is 4.90 Å². The molecule has 2 saturated heterocycles. The molecule has 0 amide bonds. The number of anilines is 1. The number of hydrogen-bond donors (Lipinski definition) is 1. The quantitative estimate of drug-likeness (QED) is 0.785. The third kappa shape index (κ3) is 4.81. The highest BCUT2D eigenvalue weighted by Crippen LogP contribution is 2.38. The van der Waals surface area contributed by atoms with Crippen molar-refractivity contribution < 1.29 is 23.0 Å². The summed E-state index contributed by atoms with van der Waals surface area (Å²) in [5, 5.41) is 10.8. The second-order valence-electron chi connectivity index (χ2n) is 9.40. The molecule has 5 nitrogen and oxygen atoms in total. The van der Waals surface area contributed by atoms with Crippen molar-refractivity contribution in [1.82, 2.24) is 9.88 Å². The summed E-state index contributed by atoms with van der Waals surface area (Å²) in [5.41, 5.74) is -0.671. The van der Waals surface area contributed by atoms with Crippen LogP contribution in [0, 0.1) is 5.92 Å². The van der Waals surface area contributed by atoms with Crippen LogP contribution in [0.25, 0.3) is 10.9 Å². The van der Waals surface area contributed by atoms with Crippen LogP contribution >= 0.6 is 0 Å². The lowest BCUT2D eigenvalue weighted by Crippen LogP contribution is -2.50. The third-order valence-corrected chi connectivity index (χ3v) is 6.45. The minimum Gasteiger partial charge on any atom is -0.390 e. The van der Waals surface area contributed by atoms with Gasteiger partial charge in [0.1, 0.15) is 0 Å². The van der Waals surface area contributed by atoms with Gasteiger partial charge in [0.05, 0.1) is 28.9 Å². The van der Waals surface area contributed by atoms with E-state index in [0.717, 1.165) is 37.8 Å². The first-order chi connectivity index (χ1) is 14.5. The first-order valence-corrected chi connectivity index (χ1v) is 10.8. The van der Waals surface area contributed by atoms with Crippen LogP contribution in [0.5, 0.6) is 0 Å². The number of morpholine rings is 1. The lowest BCUT2D eigenvalue weighted by atomic mass is 9.90. The zero-order valence-corrected chi connectivity index (χ0v) is 18.2. The molecule has 1 unspecified atom stereocenters. The Bertz CT molecular complexity index is 928. The van der Waals surface area contributed by atoms with Crippen LogP contribution in [0.1, 0.15) is 32.8 Å². The maximum Gasteiger partial charge on any atom is 0.418 e. The number of alkyl halides is 3. The fourth-order valence-corrected chi connectivity index (χ4v) is 4.87. The van der Waals surface area contributed by atoms with Gasteiger partial charge >= 0.3 is 6.18 Å². The van der Waals surface area contributed by atoms with E-state index in [1.807, 2.05) is 20.8 Å². The molecule has 0 spiro atoms. The number of aromatic nitrogens is 1. The molecule has 3 atom stereocenters. The Balaban J connectivity index is 1.55. The van der Waals surface area contributed by atoms with E-state index < -0.39 is 17.3 Å². The van der Waals surface area contributed by atoms with Gasteiger partial charge in [0.25, 0.3) is 0 Å². The Morgan fingerprint density at radius 2 is 1.94 bits per heavy atom. The summed E-state index contributed by atoms with van der Waals surface area (Å²) in [6.45, 7) is 9.39. The molecule has 0 radical (unpaired) electrons. The number of fused-ring (bicyclic) bond motifs is 1. The highest BCUT2D eigenvalue weighted by molar-refractivity contribution is 5.94. The number of pyridine rings is 1. The molecule has 1 aromatic heterocycles. The van der Waals surface area contributed by atoms with Gasteiger partial charge in [-0.15, -0.1) is 0 Å². The predicted octanol–water partition coefficient (Wildman–Crippen LogP) is 3.94. The minimum atomic E-state index is -4.45. The van der Waals surface area contributed by atoms with Gasteiger partial charge in [0.2, 0.25) is 0 Å². The zero-order chi connectivity index (χ0) is 22.4. The third-order valence-electron chi connectivity index (χ3n) is 6.45. The van der Waals surface area contributed by atoms with Gasteiger partial charge in [-0.25, -0.2) is 0 Å². The maximum atomic E-state index is 13.5. The summed E-state index contributed by atoms with van der Waals surface area (Å²) in [6, 6.07) is 6.07. The largest absolute Gasteiger partial charge is 0.418 e. The number of benzene rings is 1. The molecule has 0 bridgehead atoms. The number of aliphatic hydroxyl groups is 1. The molecule has 2 fully saturated rings. The number of halogens is 3. The molecule has 170 valence electrons. The molecule has 2 aliphatic rings. The second-order valence-corrected chi connectivity index (χ2v) is 9.40. The standard InChI is InChI=1S/C23H30F3N3O2/c1-15-11-29(14-17(31-15)13-28-10-8-16(12-28)22(2,3)30)20-7-6-19(23(24,25)26)21-18(20)5-4-9-27-21/h4-7,9,15-17,30H,8,10-14H2,1-3H3/t15-,16?,17+/m1/s1. The topological polar surface area (TPSA) is 48.8 Å². The summed E-state index contributed by atoms with van der Waals surface area (Å²) < 4.78 is 46.6. The van der Waals surface area contributed by atoms with Crippen molar-refractivity contribution in [3.63, 3.8) is 0 Å². The van der Waals surface area contributed by atoms with Gasteiger partial charge < -0.3 is 19.6 Å². The fourth-order valence-electron chi connectivity index (χ4n) is 4.87. The van der Waals surface area contributed by atoms with Gasteiger partial charge in [0, 0.05) is 49.4 Å². The summed E-state index contributed by atoms with van der Waals surface area (Å²) in [5.74, 6) is 0.231. The Kier molecular flexibility index (Phi) is 5.91. The van der Waals surface area contributed by atoms with E-state index in [0.29, 0.717) is 18.5 Å². The average Bonchev–Trinajstić information content (AvgIpc) is 3.15. The number of hydrogen-bond acceptors (Lipinski definition) is 5. The smallest absolute Gasteiger partial charge is 0.390 e. The maximum absolute atomic E-state index is 13.5. The van der Waals surface area contributed by atoms with Crippen molar-refractivity contribution in [1.29, 1.82) is 0 Å². The van der Waals surface area contributed by atoms with Gasteiger partial charge in [0.15, 0.2) is 0 Å². The minimum absolute atomic E-state index is 0.0178. The Labute approximate surface area is 180 Å². The van der Waals surface area contributed by atoms with E-state index in [1.165, 1.54) is 6.20 Å². The van der Waals surface area contributed by atoms with Crippen LogP contribution in [0.3, 0.4) is 0 Å². The number of nitrogens with zero attached hydrogens (tertiary/aromatic N) is 3. The second kappa shape index (κ2) is 8.22. The van der Waals surface area contributed by atoms with Crippen LogP contribution in [-0.4, -0.2) is 65.5 Å². The van der Waals surface area contributed by atoms with Crippen LogP contribution in [-0.2, 0) is 10.9 Å². The predicted molar refractivity (Wildman–Crippen MR) is 114 cm³/mol. The lowest BCUT2D eigenvalue weighted by Gasteiger charge is -2.40. The number of likely N-dealkylation sites (tertiary alicyclic amines) is 1. The zero-order valence-electron chi connectivity index (χ0n) is 18.2. The first kappa shape index (κ1) is 22.3. The van der Waals surface area contributed by atoms with Crippen molar-refractivity contribution in [2.75, 3.05) is 37.6 Å². The van der Waals surface area contributed by atoms with Crippen molar-refractivity contribution in [3.05, 3.63) is 36.0 Å². The summed E-state index contributed by atoms with van der Waals surface area (Å²) in [4.78, 5) is 8.48. The van der Waals surface area contributed by atoms with Gasteiger partial charge in [-0.3, -0.25) is 4.98 Å². The Hall–Kier alpha value is -1.90. The molecule has 31 heavy (non-hydrogen) atoms. The van der Waals surface area contributed by atoms with Crippen molar-refractivity contribution in [2.45, 2.75) is 51.2 Å². The van der Waals surface area contributed by atoms with E-state index in [-0.39, 0.29) is 23.6 Å².